The normalized spacial score (nSPS) is 11.6. The number of imidazole rings is 1. The number of hydrogen-bond donors (Lipinski definition) is 1. The monoisotopic (exact) mass is 429 g/mol. The maximum atomic E-state index is 12.1. The molecule has 1 unspecified atom stereocenters. The molecule has 0 saturated carbocycles. The van der Waals surface area contributed by atoms with Gasteiger partial charge < -0.3 is 9.30 Å². The summed E-state index contributed by atoms with van der Waals surface area (Å²) < 4.78 is 21.4. The van der Waals surface area contributed by atoms with E-state index in [4.69, 9.17) is 0 Å². The second-order valence-corrected chi connectivity index (χ2v) is 8.19. The van der Waals surface area contributed by atoms with Crippen molar-refractivity contribution in [2.45, 2.75) is 51.5 Å². The molecule has 0 spiro atoms. The quantitative estimate of drug-likeness (QED) is 0.540. The van der Waals surface area contributed by atoms with Crippen LogP contribution in [0.2, 0.25) is 0 Å². The molecular weight excluding hydrogens is 398 g/mol. The number of unbranched alkanes of at least 4 members (excludes halogenated alkanes) is 2. The minimum absolute atomic E-state index is 0.0922. The second-order valence-electron chi connectivity index (χ2n) is 6.90. The Kier molecular flexibility index (Phi) is 9.70. The van der Waals surface area contributed by atoms with Gasteiger partial charge in [0, 0.05) is 6.54 Å². The molecule has 1 atom stereocenters. The number of nitrogens with zero attached hydrogens (tertiary/aromatic N) is 2. The molecule has 0 radical (unpaired) electrons. The standard InChI is InChI=1S/C18H19N3O3S.C5H12/c1-13-20-16-5-3-4-6-17(16)21(13)12-14-7-9-15(10-8-14)25(23)19-11-18(22)24-2;1-3-5-4-2/h3-10,19H,11-12H2,1-2H3;3-5H2,1-2H3. The molecule has 3 aromatic rings. The van der Waals surface area contributed by atoms with Crippen LogP contribution in [0, 0.1) is 6.92 Å². The summed E-state index contributed by atoms with van der Waals surface area (Å²) in [6.07, 6.45) is 4.08. The average Bonchev–Trinajstić information content (AvgIpc) is 3.08. The van der Waals surface area contributed by atoms with Gasteiger partial charge in [0.05, 0.1) is 23.0 Å². The molecule has 2 aromatic carbocycles. The fourth-order valence-electron chi connectivity index (χ4n) is 2.93. The lowest BCUT2D eigenvalue weighted by molar-refractivity contribution is -0.139. The van der Waals surface area contributed by atoms with Gasteiger partial charge in [-0.2, -0.15) is 0 Å². The zero-order valence-electron chi connectivity index (χ0n) is 18.2. The third-order valence-electron chi connectivity index (χ3n) is 4.61. The number of rotatable bonds is 8. The van der Waals surface area contributed by atoms with E-state index in [-0.39, 0.29) is 6.54 Å². The molecule has 1 N–H and O–H groups in total. The number of nitrogens with one attached hydrogen (secondary N) is 1. The number of hydrogen-bond acceptors (Lipinski definition) is 4. The minimum atomic E-state index is -1.45. The van der Waals surface area contributed by atoms with Crippen molar-refractivity contribution >= 4 is 28.0 Å². The van der Waals surface area contributed by atoms with Gasteiger partial charge >= 0.3 is 5.97 Å². The van der Waals surface area contributed by atoms with E-state index >= 15 is 0 Å². The Morgan fingerprint density at radius 1 is 1.10 bits per heavy atom. The van der Waals surface area contributed by atoms with E-state index in [1.807, 2.05) is 37.3 Å². The molecule has 0 aliphatic rings. The number of aryl methyl sites for hydroxylation is 1. The van der Waals surface area contributed by atoms with Crippen LogP contribution in [0.5, 0.6) is 0 Å². The predicted octanol–water partition coefficient (Wildman–Crippen LogP) is 4.37. The van der Waals surface area contributed by atoms with Crippen molar-refractivity contribution in [3.63, 3.8) is 0 Å². The summed E-state index contributed by atoms with van der Waals surface area (Å²) in [7, 11) is -0.154. The Balaban J connectivity index is 0.000000575. The molecule has 1 heterocycles. The predicted molar refractivity (Wildman–Crippen MR) is 122 cm³/mol. The first kappa shape index (κ1) is 23.8. The molecule has 0 amide bonds. The number of carbonyl (C=O) groups excluding carboxylic acids is 1. The van der Waals surface area contributed by atoms with E-state index in [9.17, 15) is 9.00 Å². The number of aromatic nitrogens is 2. The molecule has 1 aromatic heterocycles. The van der Waals surface area contributed by atoms with Gasteiger partial charge in [-0.3, -0.25) is 4.79 Å². The van der Waals surface area contributed by atoms with E-state index in [1.165, 1.54) is 26.4 Å². The van der Waals surface area contributed by atoms with Crippen LogP contribution in [0.1, 0.15) is 44.5 Å². The van der Waals surface area contributed by atoms with Crippen LogP contribution < -0.4 is 4.72 Å². The fourth-order valence-corrected chi connectivity index (χ4v) is 3.73. The number of ether oxygens (including phenoxy) is 1. The summed E-state index contributed by atoms with van der Waals surface area (Å²) in [5, 5.41) is 0. The summed E-state index contributed by atoms with van der Waals surface area (Å²) in [4.78, 5) is 16.3. The van der Waals surface area contributed by atoms with E-state index in [0.717, 1.165) is 22.4 Å². The topological polar surface area (TPSA) is 73.2 Å². The first-order valence-electron chi connectivity index (χ1n) is 10.2. The molecule has 0 fully saturated rings. The molecule has 0 saturated heterocycles. The fraction of sp³-hybridized carbons (Fsp3) is 0.391. The SMILES string of the molecule is CCCCC.COC(=O)CNS(=O)c1ccc(Cn2c(C)nc3ccccc32)cc1. The van der Waals surface area contributed by atoms with Crippen LogP contribution in [0.3, 0.4) is 0 Å². The van der Waals surface area contributed by atoms with Crippen LogP contribution in [0.4, 0.5) is 0 Å². The van der Waals surface area contributed by atoms with Crippen molar-refractivity contribution in [3.8, 4) is 0 Å². The van der Waals surface area contributed by atoms with Crippen LogP contribution >= 0.6 is 0 Å². The zero-order chi connectivity index (χ0) is 21.9. The van der Waals surface area contributed by atoms with Gasteiger partial charge in [-0.05, 0) is 36.8 Å². The average molecular weight is 430 g/mol. The highest BCUT2D eigenvalue weighted by molar-refractivity contribution is 7.83. The highest BCUT2D eigenvalue weighted by Crippen LogP contribution is 2.18. The van der Waals surface area contributed by atoms with Gasteiger partial charge in [-0.1, -0.05) is 57.4 Å². The molecular formula is C23H31N3O3S. The zero-order valence-corrected chi connectivity index (χ0v) is 19.0. The van der Waals surface area contributed by atoms with Gasteiger partial charge in [0.2, 0.25) is 0 Å². The second kappa shape index (κ2) is 12.2. The van der Waals surface area contributed by atoms with Crippen LogP contribution in [0.15, 0.2) is 53.4 Å². The Morgan fingerprint density at radius 2 is 1.77 bits per heavy atom. The van der Waals surface area contributed by atoms with Crippen molar-refractivity contribution in [1.29, 1.82) is 0 Å². The lowest BCUT2D eigenvalue weighted by atomic mass is 10.2. The summed E-state index contributed by atoms with van der Waals surface area (Å²) in [6, 6.07) is 15.5. The van der Waals surface area contributed by atoms with Gasteiger partial charge in [-0.25, -0.2) is 13.9 Å². The molecule has 0 bridgehead atoms. The first-order chi connectivity index (χ1) is 14.5. The number of carbonyl (C=O) groups is 1. The molecule has 0 aliphatic carbocycles. The smallest absolute Gasteiger partial charge is 0.320 e. The summed E-state index contributed by atoms with van der Waals surface area (Å²) in [5.41, 5.74) is 3.15. The van der Waals surface area contributed by atoms with Crippen molar-refractivity contribution < 1.29 is 13.7 Å². The lowest BCUT2D eigenvalue weighted by Crippen LogP contribution is -2.25. The van der Waals surface area contributed by atoms with E-state index in [2.05, 4.69) is 38.9 Å². The molecule has 7 heteroatoms. The lowest BCUT2D eigenvalue weighted by Gasteiger charge is -2.08. The third kappa shape index (κ3) is 6.78. The third-order valence-corrected chi connectivity index (χ3v) is 5.71. The number of methoxy groups -OCH3 is 1. The molecule has 162 valence electrons. The van der Waals surface area contributed by atoms with Crippen molar-refractivity contribution in [2.75, 3.05) is 13.7 Å². The first-order valence-corrected chi connectivity index (χ1v) is 11.4. The summed E-state index contributed by atoms with van der Waals surface area (Å²) in [6.45, 7) is 7.01. The van der Waals surface area contributed by atoms with E-state index < -0.39 is 17.0 Å². The van der Waals surface area contributed by atoms with Crippen molar-refractivity contribution in [3.05, 3.63) is 59.9 Å². The molecule has 30 heavy (non-hydrogen) atoms. The van der Waals surface area contributed by atoms with Gasteiger partial charge in [0.15, 0.2) is 0 Å². The summed E-state index contributed by atoms with van der Waals surface area (Å²) >= 11 is 0. The van der Waals surface area contributed by atoms with Crippen molar-refractivity contribution in [1.82, 2.24) is 14.3 Å². The highest BCUT2D eigenvalue weighted by atomic mass is 32.2. The Hall–Kier alpha value is -2.51. The number of para-hydroxylation sites is 2. The van der Waals surface area contributed by atoms with Crippen LogP contribution in [0.25, 0.3) is 11.0 Å². The highest BCUT2D eigenvalue weighted by Gasteiger charge is 2.09. The van der Waals surface area contributed by atoms with Gasteiger partial charge in [0.1, 0.15) is 23.4 Å². The van der Waals surface area contributed by atoms with E-state index in [1.54, 1.807) is 12.1 Å². The largest absolute Gasteiger partial charge is 0.468 e. The maximum absolute atomic E-state index is 12.1. The van der Waals surface area contributed by atoms with Crippen LogP contribution in [-0.4, -0.2) is 33.4 Å². The summed E-state index contributed by atoms with van der Waals surface area (Å²) in [5.74, 6) is 0.501. The van der Waals surface area contributed by atoms with Crippen LogP contribution in [-0.2, 0) is 27.1 Å². The minimum Gasteiger partial charge on any atom is -0.468 e. The van der Waals surface area contributed by atoms with Crippen molar-refractivity contribution in [2.24, 2.45) is 0 Å². The molecule has 0 aliphatic heterocycles. The Bertz CT molecular complexity index is 965. The van der Waals surface area contributed by atoms with Gasteiger partial charge in [0.25, 0.3) is 0 Å². The van der Waals surface area contributed by atoms with Gasteiger partial charge in [-0.15, -0.1) is 0 Å². The number of benzene rings is 2. The Labute approximate surface area is 181 Å². The molecule has 6 nitrogen and oxygen atoms in total. The van der Waals surface area contributed by atoms with E-state index in [0.29, 0.717) is 11.4 Å². The number of esters is 1. The maximum Gasteiger partial charge on any atom is 0.320 e. The molecule has 3 rings (SSSR count). The number of fused-ring (bicyclic) bond motifs is 1. The Morgan fingerprint density at radius 3 is 2.37 bits per heavy atom.